The number of alkyl halides is 2. The zero-order valence-electron chi connectivity index (χ0n) is 20.1. The minimum Gasteiger partial charge on any atom is -0.471 e. The molecule has 0 saturated carbocycles. The fourth-order valence-electron chi connectivity index (χ4n) is 4.55. The molecule has 192 valence electrons. The molecule has 4 heterocycles. The van der Waals surface area contributed by atoms with E-state index < -0.39 is 36.7 Å². The number of amides is 2. The number of rotatable bonds is 6. The van der Waals surface area contributed by atoms with Crippen molar-refractivity contribution in [2.45, 2.75) is 25.4 Å². The number of nitrogens with one attached hydrogen (secondary N) is 1. The van der Waals surface area contributed by atoms with Crippen molar-refractivity contribution in [2.24, 2.45) is 0 Å². The van der Waals surface area contributed by atoms with E-state index in [1.807, 2.05) is 11.9 Å². The Morgan fingerprint density at radius 3 is 2.62 bits per heavy atom. The van der Waals surface area contributed by atoms with E-state index in [0.717, 1.165) is 0 Å². The molecule has 1 saturated heterocycles. The van der Waals surface area contributed by atoms with Crippen LogP contribution in [0.5, 0.6) is 5.88 Å². The van der Waals surface area contributed by atoms with E-state index in [1.54, 1.807) is 19.1 Å². The Hall–Kier alpha value is -3.99. The lowest BCUT2D eigenvalue weighted by Crippen LogP contribution is -2.51. The molecule has 37 heavy (non-hydrogen) atoms. The van der Waals surface area contributed by atoms with E-state index in [-0.39, 0.29) is 34.5 Å². The number of halogens is 3. The summed E-state index contributed by atoms with van der Waals surface area (Å²) in [4.78, 5) is 38.1. The first-order chi connectivity index (χ1) is 17.7. The number of benzene rings is 1. The number of fused-ring (bicyclic) bond motifs is 3. The lowest BCUT2D eigenvalue weighted by Gasteiger charge is -2.35. The molecule has 1 aromatic carbocycles. The molecule has 2 aliphatic heterocycles. The van der Waals surface area contributed by atoms with Crippen LogP contribution in [-0.4, -0.2) is 59.5 Å². The number of carbonyl (C=O) groups excluding carboxylic acids is 2. The van der Waals surface area contributed by atoms with Gasteiger partial charge in [-0.05, 0) is 32.2 Å². The Labute approximate surface area is 211 Å². The Bertz CT molecular complexity index is 1350. The summed E-state index contributed by atoms with van der Waals surface area (Å²) in [5.41, 5.74) is 1.07. The minimum atomic E-state index is -2.63. The summed E-state index contributed by atoms with van der Waals surface area (Å²) in [5.74, 6) is -2.65. The lowest BCUT2D eigenvalue weighted by atomic mass is 9.98. The molecule has 3 aromatic rings. The van der Waals surface area contributed by atoms with Crippen LogP contribution in [0.15, 0.2) is 48.7 Å². The molecule has 5 rings (SSSR count). The SMILES string of the molecule is CC1C(=O)N(CC(=O)Nc2ccc(C(F)F)cc2)c2cc(OC3CN(C)C3)nc(F)c2-c2cccnc21. The second kappa shape index (κ2) is 9.81. The second-order valence-corrected chi connectivity index (χ2v) is 9.16. The summed E-state index contributed by atoms with van der Waals surface area (Å²) in [6, 6.07) is 9.88. The molecular weight excluding hydrogens is 487 g/mol. The zero-order chi connectivity index (χ0) is 26.3. The average molecular weight is 512 g/mol. The summed E-state index contributed by atoms with van der Waals surface area (Å²) in [7, 11) is 1.93. The van der Waals surface area contributed by atoms with Crippen molar-refractivity contribution in [1.29, 1.82) is 0 Å². The van der Waals surface area contributed by atoms with E-state index in [1.165, 1.54) is 41.4 Å². The molecule has 0 spiro atoms. The van der Waals surface area contributed by atoms with Crippen molar-refractivity contribution in [3.63, 3.8) is 0 Å². The fourth-order valence-corrected chi connectivity index (χ4v) is 4.55. The number of likely N-dealkylation sites (tertiary alicyclic amines) is 1. The summed E-state index contributed by atoms with van der Waals surface area (Å²) in [6.07, 6.45) is -1.28. The average Bonchev–Trinajstić information content (AvgIpc) is 2.93. The first-order valence-corrected chi connectivity index (χ1v) is 11.7. The summed E-state index contributed by atoms with van der Waals surface area (Å²) >= 11 is 0. The minimum absolute atomic E-state index is 0.00939. The Kier molecular flexibility index (Phi) is 6.55. The Balaban J connectivity index is 1.50. The zero-order valence-corrected chi connectivity index (χ0v) is 20.1. The highest BCUT2D eigenvalue weighted by Crippen LogP contribution is 2.42. The van der Waals surface area contributed by atoms with Gasteiger partial charge >= 0.3 is 0 Å². The maximum Gasteiger partial charge on any atom is 0.263 e. The Morgan fingerprint density at radius 2 is 1.95 bits per heavy atom. The number of pyridine rings is 2. The molecule has 0 radical (unpaired) electrons. The normalized spacial score (nSPS) is 17.6. The number of aromatic nitrogens is 2. The smallest absolute Gasteiger partial charge is 0.263 e. The summed E-state index contributed by atoms with van der Waals surface area (Å²) in [5, 5.41) is 2.61. The third-order valence-corrected chi connectivity index (χ3v) is 6.44. The van der Waals surface area contributed by atoms with E-state index in [4.69, 9.17) is 4.74 Å². The third kappa shape index (κ3) is 4.86. The van der Waals surface area contributed by atoms with Crippen LogP contribution in [0.3, 0.4) is 0 Å². The molecule has 1 unspecified atom stereocenters. The molecule has 0 bridgehead atoms. The van der Waals surface area contributed by atoms with Gasteiger partial charge in [-0.25, -0.2) is 8.78 Å². The highest BCUT2D eigenvalue weighted by Gasteiger charge is 2.36. The van der Waals surface area contributed by atoms with Crippen LogP contribution in [-0.2, 0) is 9.59 Å². The van der Waals surface area contributed by atoms with E-state index in [0.29, 0.717) is 24.3 Å². The van der Waals surface area contributed by atoms with Crippen LogP contribution in [0.2, 0.25) is 0 Å². The summed E-state index contributed by atoms with van der Waals surface area (Å²) in [6.45, 7) is 2.50. The first kappa shape index (κ1) is 24.7. The van der Waals surface area contributed by atoms with E-state index in [2.05, 4.69) is 15.3 Å². The van der Waals surface area contributed by atoms with Crippen LogP contribution < -0.4 is 15.0 Å². The quantitative estimate of drug-likeness (QED) is 0.504. The molecule has 1 atom stereocenters. The number of ether oxygens (including phenoxy) is 1. The maximum absolute atomic E-state index is 15.5. The van der Waals surface area contributed by atoms with Gasteiger partial charge in [0.15, 0.2) is 0 Å². The third-order valence-electron chi connectivity index (χ3n) is 6.44. The first-order valence-electron chi connectivity index (χ1n) is 11.7. The van der Waals surface area contributed by atoms with Crippen LogP contribution in [0.4, 0.5) is 24.5 Å². The number of carbonyl (C=O) groups is 2. The van der Waals surface area contributed by atoms with Gasteiger partial charge in [0, 0.05) is 42.2 Å². The molecule has 0 aliphatic carbocycles. The number of nitrogens with zero attached hydrogens (tertiary/aromatic N) is 4. The highest BCUT2D eigenvalue weighted by molar-refractivity contribution is 6.09. The van der Waals surface area contributed by atoms with Gasteiger partial charge in [-0.2, -0.15) is 9.37 Å². The molecule has 1 N–H and O–H groups in total. The van der Waals surface area contributed by atoms with Crippen molar-refractivity contribution < 1.29 is 27.5 Å². The monoisotopic (exact) mass is 511 g/mol. The molecule has 1 fully saturated rings. The standard InChI is InChI=1S/C26H24F3N5O3/c1-14-23-18(4-3-9-30-23)22-19(10-21(32-25(22)29)37-17-11-33(2)12-17)34(26(14)36)13-20(35)31-16-7-5-15(6-8-16)24(27)28/h3-10,14,17,24H,11-13H2,1-2H3,(H,31,35). The second-order valence-electron chi connectivity index (χ2n) is 9.16. The van der Waals surface area contributed by atoms with Crippen LogP contribution >= 0.6 is 0 Å². The molecule has 8 nitrogen and oxygen atoms in total. The van der Waals surface area contributed by atoms with Crippen molar-refractivity contribution in [3.05, 3.63) is 65.9 Å². The summed E-state index contributed by atoms with van der Waals surface area (Å²) < 4.78 is 47.0. The van der Waals surface area contributed by atoms with Crippen molar-refractivity contribution in [3.8, 4) is 17.0 Å². The van der Waals surface area contributed by atoms with Gasteiger partial charge in [-0.3, -0.25) is 19.5 Å². The fraction of sp³-hybridized carbons (Fsp3) is 0.308. The molecule has 11 heteroatoms. The van der Waals surface area contributed by atoms with E-state index >= 15 is 4.39 Å². The van der Waals surface area contributed by atoms with Gasteiger partial charge in [0.2, 0.25) is 23.6 Å². The topological polar surface area (TPSA) is 87.7 Å². The van der Waals surface area contributed by atoms with Crippen molar-refractivity contribution >= 4 is 23.2 Å². The van der Waals surface area contributed by atoms with Crippen molar-refractivity contribution in [2.75, 3.05) is 36.9 Å². The molecule has 2 aromatic heterocycles. The number of hydrogen-bond donors (Lipinski definition) is 1. The predicted molar refractivity (Wildman–Crippen MR) is 130 cm³/mol. The van der Waals surface area contributed by atoms with Crippen LogP contribution in [0, 0.1) is 5.95 Å². The maximum atomic E-state index is 15.5. The number of likely N-dealkylation sites (N-methyl/N-ethyl adjacent to an activating group) is 1. The largest absolute Gasteiger partial charge is 0.471 e. The highest BCUT2D eigenvalue weighted by atomic mass is 19.3. The molecule has 2 aliphatic rings. The van der Waals surface area contributed by atoms with Gasteiger partial charge in [0.1, 0.15) is 12.6 Å². The van der Waals surface area contributed by atoms with Crippen LogP contribution in [0.25, 0.3) is 11.1 Å². The van der Waals surface area contributed by atoms with Gasteiger partial charge in [-0.1, -0.05) is 18.2 Å². The molecule has 2 amide bonds. The van der Waals surface area contributed by atoms with Gasteiger partial charge < -0.3 is 15.0 Å². The van der Waals surface area contributed by atoms with Crippen LogP contribution in [0.1, 0.15) is 30.5 Å². The Morgan fingerprint density at radius 1 is 1.22 bits per heavy atom. The lowest BCUT2D eigenvalue weighted by molar-refractivity contribution is -0.122. The number of hydrogen-bond acceptors (Lipinski definition) is 6. The van der Waals surface area contributed by atoms with Gasteiger partial charge in [0.25, 0.3) is 6.43 Å². The van der Waals surface area contributed by atoms with Crippen molar-refractivity contribution in [1.82, 2.24) is 14.9 Å². The van der Waals surface area contributed by atoms with Gasteiger partial charge in [0.05, 0.1) is 22.9 Å². The number of anilines is 2. The van der Waals surface area contributed by atoms with Gasteiger partial charge in [-0.15, -0.1) is 0 Å². The van der Waals surface area contributed by atoms with E-state index in [9.17, 15) is 18.4 Å². The molecular formula is C26H24F3N5O3. The predicted octanol–water partition coefficient (Wildman–Crippen LogP) is 4.00.